The Morgan fingerprint density at radius 3 is 2.06 bits per heavy atom. The highest BCUT2D eigenvalue weighted by molar-refractivity contribution is 5.85. The summed E-state index contributed by atoms with van der Waals surface area (Å²) in [5.41, 5.74) is 6.55. The van der Waals surface area contributed by atoms with Crippen molar-refractivity contribution in [3.8, 4) is 11.1 Å². The Morgan fingerprint density at radius 2 is 1.46 bits per heavy atom. The van der Waals surface area contributed by atoms with Crippen LogP contribution in [0.2, 0.25) is 0 Å². The van der Waals surface area contributed by atoms with E-state index in [0.29, 0.717) is 18.4 Å². The van der Waals surface area contributed by atoms with E-state index >= 15 is 0 Å². The van der Waals surface area contributed by atoms with Crippen LogP contribution < -0.4 is 5.32 Å². The second-order valence-electron chi connectivity index (χ2n) is 11.5. The molecule has 3 aromatic carbocycles. The minimum absolute atomic E-state index is 0.0532. The number of hydrogen-bond donors (Lipinski definition) is 2. The van der Waals surface area contributed by atoms with Crippen LogP contribution in [0.4, 0.5) is 10.5 Å². The molecule has 1 amide bonds. The SMILES string of the molecule is O=C(Nc1ccc(C23CC4CC(CC(O)(C4)C2)C3)cc1)OCC1c2ccccc2-c2ccccc21. The summed E-state index contributed by atoms with van der Waals surface area (Å²) < 4.78 is 5.70. The van der Waals surface area contributed by atoms with Gasteiger partial charge in [0.15, 0.2) is 0 Å². The maximum atomic E-state index is 12.7. The van der Waals surface area contributed by atoms with E-state index in [2.05, 4.69) is 53.8 Å². The molecule has 0 spiro atoms. The van der Waals surface area contributed by atoms with Crippen LogP contribution in [0.25, 0.3) is 11.1 Å². The molecule has 178 valence electrons. The average Bonchev–Trinajstić information content (AvgIpc) is 3.15. The third-order valence-electron chi connectivity index (χ3n) is 9.12. The molecular weight excluding hydrogens is 434 g/mol. The van der Waals surface area contributed by atoms with Crippen molar-refractivity contribution < 1.29 is 14.6 Å². The first-order valence-corrected chi connectivity index (χ1v) is 13.0. The molecule has 0 saturated heterocycles. The molecule has 0 aromatic heterocycles. The maximum absolute atomic E-state index is 12.7. The maximum Gasteiger partial charge on any atom is 0.411 e. The van der Waals surface area contributed by atoms with E-state index in [1.807, 2.05) is 24.3 Å². The summed E-state index contributed by atoms with van der Waals surface area (Å²) in [6.07, 6.45) is 6.07. The van der Waals surface area contributed by atoms with E-state index in [9.17, 15) is 9.90 Å². The zero-order chi connectivity index (χ0) is 23.6. The molecular formula is C31H31NO3. The average molecular weight is 466 g/mol. The van der Waals surface area contributed by atoms with Crippen LogP contribution in [0, 0.1) is 11.8 Å². The van der Waals surface area contributed by atoms with Gasteiger partial charge in [-0.05, 0) is 95.7 Å². The Labute approximate surface area is 206 Å². The van der Waals surface area contributed by atoms with Crippen LogP contribution in [0.15, 0.2) is 72.8 Å². The van der Waals surface area contributed by atoms with E-state index in [1.165, 1.54) is 47.1 Å². The molecule has 35 heavy (non-hydrogen) atoms. The highest BCUT2D eigenvalue weighted by Crippen LogP contribution is 2.62. The van der Waals surface area contributed by atoms with Gasteiger partial charge in [0, 0.05) is 11.6 Å². The predicted molar refractivity (Wildman–Crippen MR) is 136 cm³/mol. The van der Waals surface area contributed by atoms with E-state index in [4.69, 9.17) is 4.74 Å². The molecule has 8 rings (SSSR count). The van der Waals surface area contributed by atoms with Gasteiger partial charge in [-0.1, -0.05) is 60.7 Å². The van der Waals surface area contributed by atoms with Crippen LogP contribution in [0.5, 0.6) is 0 Å². The van der Waals surface area contributed by atoms with Crippen molar-refractivity contribution in [2.24, 2.45) is 11.8 Å². The molecule has 4 heteroatoms. The third-order valence-corrected chi connectivity index (χ3v) is 9.12. The Morgan fingerprint density at radius 1 is 0.857 bits per heavy atom. The van der Waals surface area contributed by atoms with Crippen molar-refractivity contribution in [1.82, 2.24) is 0 Å². The van der Waals surface area contributed by atoms with E-state index in [0.717, 1.165) is 24.9 Å². The van der Waals surface area contributed by atoms with Gasteiger partial charge >= 0.3 is 6.09 Å². The van der Waals surface area contributed by atoms with Crippen LogP contribution in [0.1, 0.15) is 61.1 Å². The molecule has 3 aromatic rings. The van der Waals surface area contributed by atoms with Crippen LogP contribution in [-0.2, 0) is 10.2 Å². The van der Waals surface area contributed by atoms with Gasteiger partial charge in [0.1, 0.15) is 6.61 Å². The van der Waals surface area contributed by atoms with Crippen molar-refractivity contribution in [1.29, 1.82) is 0 Å². The molecule has 4 bridgehead atoms. The third kappa shape index (κ3) is 3.49. The summed E-state index contributed by atoms with van der Waals surface area (Å²) in [4.78, 5) is 12.7. The highest BCUT2D eigenvalue weighted by atomic mass is 16.5. The molecule has 0 aliphatic heterocycles. The summed E-state index contributed by atoms with van der Waals surface area (Å²) in [5, 5.41) is 14.0. The topological polar surface area (TPSA) is 58.6 Å². The van der Waals surface area contributed by atoms with Gasteiger partial charge in [0.25, 0.3) is 0 Å². The number of aliphatic hydroxyl groups is 1. The first kappa shape index (κ1) is 21.2. The quantitative estimate of drug-likeness (QED) is 0.455. The summed E-state index contributed by atoms with van der Waals surface area (Å²) >= 11 is 0. The van der Waals surface area contributed by atoms with Crippen molar-refractivity contribution in [3.63, 3.8) is 0 Å². The monoisotopic (exact) mass is 465 g/mol. The number of amides is 1. The van der Waals surface area contributed by atoms with Gasteiger partial charge in [-0.2, -0.15) is 0 Å². The lowest BCUT2D eigenvalue weighted by atomic mass is 9.46. The largest absolute Gasteiger partial charge is 0.448 e. The van der Waals surface area contributed by atoms with Crippen molar-refractivity contribution in [2.45, 2.75) is 55.5 Å². The molecule has 2 atom stereocenters. The first-order chi connectivity index (χ1) is 17.0. The lowest BCUT2D eigenvalue weighted by molar-refractivity contribution is -0.136. The van der Waals surface area contributed by atoms with Gasteiger partial charge < -0.3 is 9.84 Å². The summed E-state index contributed by atoms with van der Waals surface area (Å²) in [5.74, 6) is 1.36. The number of nitrogens with one attached hydrogen (secondary N) is 1. The summed E-state index contributed by atoms with van der Waals surface area (Å²) in [6, 6.07) is 25.0. The predicted octanol–water partition coefficient (Wildman–Crippen LogP) is 6.63. The number of fused-ring (bicyclic) bond motifs is 3. The Hall–Kier alpha value is -3.11. The van der Waals surface area contributed by atoms with E-state index < -0.39 is 11.7 Å². The lowest BCUT2D eigenvalue weighted by Gasteiger charge is -2.60. The van der Waals surface area contributed by atoms with Crippen molar-refractivity contribution >= 4 is 11.8 Å². The molecule has 4 nitrogen and oxygen atoms in total. The Balaban J connectivity index is 1.03. The van der Waals surface area contributed by atoms with Gasteiger partial charge in [-0.15, -0.1) is 0 Å². The van der Waals surface area contributed by atoms with Gasteiger partial charge in [-0.3, -0.25) is 5.32 Å². The fraction of sp³-hybridized carbons (Fsp3) is 0.387. The second-order valence-corrected chi connectivity index (χ2v) is 11.5. The van der Waals surface area contributed by atoms with Crippen molar-refractivity contribution in [3.05, 3.63) is 89.5 Å². The van der Waals surface area contributed by atoms with E-state index in [1.54, 1.807) is 0 Å². The number of rotatable bonds is 4. The molecule has 2 unspecified atom stereocenters. The molecule has 4 fully saturated rings. The van der Waals surface area contributed by atoms with Gasteiger partial charge in [-0.25, -0.2) is 4.79 Å². The summed E-state index contributed by atoms with van der Waals surface area (Å²) in [7, 11) is 0. The number of benzene rings is 3. The summed E-state index contributed by atoms with van der Waals surface area (Å²) in [6.45, 7) is 0.308. The van der Waals surface area contributed by atoms with Gasteiger partial charge in [0.05, 0.1) is 5.60 Å². The zero-order valence-electron chi connectivity index (χ0n) is 19.9. The Bertz CT molecular complexity index is 1240. The smallest absolute Gasteiger partial charge is 0.411 e. The standard InChI is InChI=1S/C31H31NO3/c33-29(35-18-28-26-7-3-1-5-24(26)25-6-2-4-8-27(25)28)32-23-11-9-22(10-12-23)30-14-20-13-21(15-30)17-31(34,16-20)19-30/h1-12,20-21,28,34H,13-19H2,(H,32,33). The molecule has 4 saturated carbocycles. The molecule has 5 aliphatic carbocycles. The Kier molecular flexibility index (Phi) is 4.66. The molecule has 0 heterocycles. The fourth-order valence-electron chi connectivity index (χ4n) is 8.21. The molecule has 5 aliphatic rings. The van der Waals surface area contributed by atoms with Crippen molar-refractivity contribution in [2.75, 3.05) is 11.9 Å². The number of ether oxygens (including phenoxy) is 1. The second kappa shape index (κ2) is 7.69. The highest BCUT2D eigenvalue weighted by Gasteiger charge is 2.57. The number of hydrogen-bond acceptors (Lipinski definition) is 3. The van der Waals surface area contributed by atoms with Crippen LogP contribution in [0.3, 0.4) is 0 Å². The van der Waals surface area contributed by atoms with E-state index in [-0.39, 0.29) is 11.3 Å². The first-order valence-electron chi connectivity index (χ1n) is 13.0. The molecule has 2 N–H and O–H groups in total. The fourth-order valence-corrected chi connectivity index (χ4v) is 8.21. The number of carbonyl (C=O) groups excluding carboxylic acids is 1. The number of anilines is 1. The van der Waals surface area contributed by atoms with Crippen LogP contribution >= 0.6 is 0 Å². The normalized spacial score (nSPS) is 30.1. The molecule has 0 radical (unpaired) electrons. The lowest BCUT2D eigenvalue weighted by Crippen LogP contribution is -2.57. The minimum atomic E-state index is -0.470. The van der Waals surface area contributed by atoms with Crippen LogP contribution in [-0.4, -0.2) is 23.4 Å². The minimum Gasteiger partial charge on any atom is -0.448 e. The van der Waals surface area contributed by atoms with Gasteiger partial charge in [0.2, 0.25) is 0 Å². The zero-order valence-corrected chi connectivity index (χ0v) is 19.9. The number of carbonyl (C=O) groups is 1.